The van der Waals surface area contributed by atoms with Gasteiger partial charge in [0.25, 0.3) is 0 Å². The van der Waals surface area contributed by atoms with Gasteiger partial charge in [-0.25, -0.2) is 0 Å². The lowest BCUT2D eigenvalue weighted by atomic mass is 10.4. The van der Waals surface area contributed by atoms with Crippen LogP contribution in [0, 0.1) is 0 Å². The molecule has 4 saturated heterocycles. The van der Waals surface area contributed by atoms with Crippen molar-refractivity contribution >= 4 is 0 Å². The molecule has 4 aliphatic rings. The second kappa shape index (κ2) is 20.9. The maximum atomic E-state index is 5.01. The van der Waals surface area contributed by atoms with Crippen molar-refractivity contribution in [1.82, 2.24) is 0 Å². The molecule has 0 aliphatic carbocycles. The van der Waals surface area contributed by atoms with Crippen LogP contribution in [0.25, 0.3) is 0 Å². The van der Waals surface area contributed by atoms with Crippen molar-refractivity contribution in [2.24, 2.45) is 0 Å². The number of rotatable bonds is 0. The molecule has 4 fully saturated rings. The summed E-state index contributed by atoms with van der Waals surface area (Å²) in [4.78, 5) is 120. The van der Waals surface area contributed by atoms with Gasteiger partial charge in [-0.3, -0.25) is 0 Å². The van der Waals surface area contributed by atoms with Gasteiger partial charge in [0.05, 0.1) is 0 Å². The molecule has 360 valence electrons. The monoisotopic (exact) mass is 888 g/mol. The normalized spacial score (nSPS) is 30.0. The molecule has 4 heterocycles. The SMILES string of the molecule is CC1(C)OOC(C)(C)OOC(C)(C)OO1.CC1(C)OOC(C)(C)OOC(C)(C)OO1.CC1(C)OOC(C)(C)OOC(C)(C)OO1.CC1(C)OOC(C)(C)OOC(C)(C)OO1. The van der Waals surface area contributed by atoms with Gasteiger partial charge in [0.15, 0.2) is 0 Å². The van der Waals surface area contributed by atoms with Crippen LogP contribution in [-0.4, -0.2) is 69.4 Å². The van der Waals surface area contributed by atoms with E-state index in [1.54, 1.807) is 166 Å². The second-order valence-corrected chi connectivity index (χ2v) is 18.8. The Labute approximate surface area is 352 Å². The second-order valence-electron chi connectivity index (χ2n) is 18.8. The van der Waals surface area contributed by atoms with Crippen molar-refractivity contribution in [2.45, 2.75) is 236 Å². The summed E-state index contributed by atoms with van der Waals surface area (Å²) < 4.78 is 0. The minimum atomic E-state index is -1.05. The summed E-state index contributed by atoms with van der Waals surface area (Å²) >= 11 is 0. The third kappa shape index (κ3) is 26.0. The van der Waals surface area contributed by atoms with Gasteiger partial charge in [-0.15, -0.1) is 0 Å². The topological polar surface area (TPSA) is 222 Å². The third-order valence-electron chi connectivity index (χ3n) is 5.32. The molecule has 24 nitrogen and oxygen atoms in total. The summed E-state index contributed by atoms with van der Waals surface area (Å²) in [6.07, 6.45) is 0. The molecule has 0 unspecified atom stereocenters. The summed E-state index contributed by atoms with van der Waals surface area (Å²) in [5.41, 5.74) is 0. The highest BCUT2D eigenvalue weighted by atomic mass is 17.4. The molecule has 0 bridgehead atoms. The molecular weight excluding hydrogens is 816 g/mol. The van der Waals surface area contributed by atoms with Crippen molar-refractivity contribution in [2.75, 3.05) is 0 Å². The molecule has 4 aliphatic heterocycles. The summed E-state index contributed by atoms with van der Waals surface area (Å²) in [7, 11) is 0. The van der Waals surface area contributed by atoms with Gasteiger partial charge in [0.2, 0.25) is 69.4 Å². The standard InChI is InChI=1S/4C9H18O6/c4*1-7(2)10-12-8(3,4)14-15-9(5,6)13-11-7/h4*1-6H3. The first-order chi connectivity index (χ1) is 26.5. The first-order valence-corrected chi connectivity index (χ1v) is 18.9. The lowest BCUT2D eigenvalue weighted by Gasteiger charge is -2.25. The van der Waals surface area contributed by atoms with Gasteiger partial charge in [-0.1, -0.05) is 0 Å². The largest absolute Gasteiger partial charge is 0.228 e. The molecule has 0 aromatic carbocycles. The fraction of sp³-hybridized carbons (Fsp3) is 1.00. The van der Waals surface area contributed by atoms with E-state index in [-0.39, 0.29) is 0 Å². The van der Waals surface area contributed by atoms with Crippen molar-refractivity contribution in [3.8, 4) is 0 Å². The molecule has 0 amide bonds. The molecule has 60 heavy (non-hydrogen) atoms. The molecule has 0 atom stereocenters. The van der Waals surface area contributed by atoms with E-state index in [1.165, 1.54) is 0 Å². The van der Waals surface area contributed by atoms with Crippen molar-refractivity contribution in [3.63, 3.8) is 0 Å². The maximum Gasteiger partial charge on any atom is 0.228 e. The lowest BCUT2D eigenvalue weighted by molar-refractivity contribution is -0.534. The van der Waals surface area contributed by atoms with E-state index in [9.17, 15) is 0 Å². The van der Waals surface area contributed by atoms with Crippen LogP contribution < -0.4 is 0 Å². The summed E-state index contributed by atoms with van der Waals surface area (Å²) in [6.45, 7) is 39.4. The van der Waals surface area contributed by atoms with Gasteiger partial charge in [0, 0.05) is 0 Å². The first kappa shape index (κ1) is 57.1. The highest BCUT2D eigenvalue weighted by Crippen LogP contribution is 2.31. The van der Waals surface area contributed by atoms with Gasteiger partial charge in [0.1, 0.15) is 0 Å². The van der Waals surface area contributed by atoms with Gasteiger partial charge in [-0.05, 0) is 166 Å². The zero-order valence-corrected chi connectivity index (χ0v) is 39.8. The van der Waals surface area contributed by atoms with Crippen LogP contribution in [0.3, 0.4) is 0 Å². The van der Waals surface area contributed by atoms with E-state index in [4.69, 9.17) is 117 Å². The average molecular weight is 889 g/mol. The van der Waals surface area contributed by atoms with E-state index in [0.29, 0.717) is 0 Å². The van der Waals surface area contributed by atoms with Crippen LogP contribution >= 0.6 is 0 Å². The van der Waals surface area contributed by atoms with E-state index >= 15 is 0 Å². The first-order valence-electron chi connectivity index (χ1n) is 18.9. The van der Waals surface area contributed by atoms with Crippen LogP contribution in [0.2, 0.25) is 0 Å². The van der Waals surface area contributed by atoms with Crippen molar-refractivity contribution in [1.29, 1.82) is 0 Å². The minimum Gasteiger partial charge on any atom is -0.196 e. The Hall–Kier alpha value is -0.960. The quantitative estimate of drug-likeness (QED) is 0.209. The summed E-state index contributed by atoms with van der Waals surface area (Å²) in [6, 6.07) is 0. The predicted molar refractivity (Wildman–Crippen MR) is 195 cm³/mol. The zero-order valence-electron chi connectivity index (χ0n) is 39.8. The molecule has 0 saturated carbocycles. The Kier molecular flexibility index (Phi) is 19.9. The number of hydrogen-bond acceptors (Lipinski definition) is 24. The third-order valence-corrected chi connectivity index (χ3v) is 5.32. The Morgan fingerprint density at radius 3 is 0.167 bits per heavy atom. The Balaban J connectivity index is 0.000000400. The Morgan fingerprint density at radius 2 is 0.133 bits per heavy atom. The molecule has 0 aromatic heterocycles. The van der Waals surface area contributed by atoms with Crippen LogP contribution in [0.15, 0.2) is 0 Å². The molecule has 24 heteroatoms. The molecular formula is C36H72O24. The van der Waals surface area contributed by atoms with Crippen LogP contribution in [-0.2, 0) is 117 Å². The smallest absolute Gasteiger partial charge is 0.196 e. The van der Waals surface area contributed by atoms with Gasteiger partial charge < -0.3 is 0 Å². The molecule has 0 N–H and O–H groups in total. The highest BCUT2D eigenvalue weighted by Gasteiger charge is 2.41. The van der Waals surface area contributed by atoms with Crippen LogP contribution in [0.5, 0.6) is 0 Å². The van der Waals surface area contributed by atoms with Crippen LogP contribution in [0.1, 0.15) is 166 Å². The highest BCUT2D eigenvalue weighted by molar-refractivity contribution is 4.58. The lowest BCUT2D eigenvalue weighted by Crippen LogP contribution is -2.34. The van der Waals surface area contributed by atoms with E-state index < -0.39 is 69.4 Å². The van der Waals surface area contributed by atoms with E-state index in [1.807, 2.05) is 0 Å². The van der Waals surface area contributed by atoms with Crippen LogP contribution in [0.4, 0.5) is 0 Å². The average Bonchev–Trinajstić information content (AvgIpc) is 3.20. The van der Waals surface area contributed by atoms with Gasteiger partial charge in [-0.2, -0.15) is 117 Å². The fourth-order valence-electron chi connectivity index (χ4n) is 2.57. The predicted octanol–water partition coefficient (Wildman–Crippen LogP) is 8.21. The molecule has 0 aromatic rings. The van der Waals surface area contributed by atoms with E-state index in [0.717, 1.165) is 0 Å². The van der Waals surface area contributed by atoms with E-state index in [2.05, 4.69) is 0 Å². The summed E-state index contributed by atoms with van der Waals surface area (Å²) in [5, 5.41) is 0. The molecule has 4 rings (SSSR count). The Morgan fingerprint density at radius 1 is 0.100 bits per heavy atom. The zero-order chi connectivity index (χ0) is 47.0. The minimum absolute atomic E-state index is 1.05. The van der Waals surface area contributed by atoms with Crippen molar-refractivity contribution in [3.05, 3.63) is 0 Å². The molecule has 0 radical (unpaired) electrons. The fourth-order valence-corrected chi connectivity index (χ4v) is 2.57. The van der Waals surface area contributed by atoms with Gasteiger partial charge >= 0.3 is 0 Å². The van der Waals surface area contributed by atoms with Crippen molar-refractivity contribution < 1.29 is 117 Å². The summed E-state index contributed by atoms with van der Waals surface area (Å²) in [5.74, 6) is -12.6. The maximum absolute atomic E-state index is 5.01. The molecule has 0 spiro atoms. The Bertz CT molecular complexity index is 858. The number of hydrogen-bond donors (Lipinski definition) is 0.